The number of carbonyl (C=O) groups excluding carboxylic acids is 2. The van der Waals surface area contributed by atoms with Crippen molar-refractivity contribution in [2.24, 2.45) is 0 Å². The molecular formula is C13H11IN2O3S. The lowest BCUT2D eigenvalue weighted by molar-refractivity contribution is -0.139. The number of nitrogens with one attached hydrogen (secondary N) is 1. The van der Waals surface area contributed by atoms with Crippen LogP contribution in [-0.4, -0.2) is 24.0 Å². The molecule has 0 radical (unpaired) electrons. The number of amides is 1. The number of hydrogen-bond donors (Lipinski definition) is 1. The zero-order valence-corrected chi connectivity index (χ0v) is 13.5. The van der Waals surface area contributed by atoms with Gasteiger partial charge >= 0.3 is 5.97 Å². The first-order chi connectivity index (χ1) is 9.58. The highest BCUT2D eigenvalue weighted by Crippen LogP contribution is 2.17. The molecule has 0 saturated carbocycles. The summed E-state index contributed by atoms with van der Waals surface area (Å²) < 4.78 is 5.63. The Hall–Kier alpha value is -1.48. The molecular weight excluding hydrogens is 391 g/mol. The van der Waals surface area contributed by atoms with Crippen LogP contribution < -0.4 is 5.32 Å². The van der Waals surface area contributed by atoms with Crippen LogP contribution in [0.25, 0.3) is 0 Å². The van der Waals surface area contributed by atoms with Gasteiger partial charge in [0, 0.05) is 14.5 Å². The van der Waals surface area contributed by atoms with Gasteiger partial charge in [-0.3, -0.25) is 14.9 Å². The molecule has 0 spiro atoms. The lowest BCUT2D eigenvalue weighted by atomic mass is 10.2. The van der Waals surface area contributed by atoms with Crippen molar-refractivity contribution in [3.63, 3.8) is 0 Å². The van der Waals surface area contributed by atoms with E-state index in [4.69, 9.17) is 0 Å². The Morgan fingerprint density at radius 3 is 2.70 bits per heavy atom. The molecule has 0 aliphatic carbocycles. The maximum Gasteiger partial charge on any atom is 0.311 e. The second-order valence-corrected chi connectivity index (χ2v) is 5.96. The molecule has 0 unspecified atom stereocenters. The molecule has 0 bridgehead atoms. The fourth-order valence-electron chi connectivity index (χ4n) is 1.44. The Kier molecular flexibility index (Phi) is 5.07. The average molecular weight is 402 g/mol. The number of anilines is 1. The molecule has 104 valence electrons. The van der Waals surface area contributed by atoms with Crippen molar-refractivity contribution in [1.29, 1.82) is 0 Å². The summed E-state index contributed by atoms with van der Waals surface area (Å²) >= 11 is 3.45. The summed E-state index contributed by atoms with van der Waals surface area (Å²) in [6.45, 7) is 0. The summed E-state index contributed by atoms with van der Waals surface area (Å²) in [7, 11) is 1.33. The predicted octanol–water partition coefficient (Wildman–Crippen LogP) is 2.72. The van der Waals surface area contributed by atoms with E-state index in [0.29, 0.717) is 16.4 Å². The molecule has 0 aliphatic rings. The van der Waals surface area contributed by atoms with E-state index in [2.05, 4.69) is 37.6 Å². The maximum absolute atomic E-state index is 12.0. The molecule has 0 aliphatic heterocycles. The number of methoxy groups -OCH3 is 1. The van der Waals surface area contributed by atoms with Gasteiger partial charge in [-0.2, -0.15) is 0 Å². The first kappa shape index (κ1) is 14.9. The minimum atomic E-state index is -0.356. The molecule has 20 heavy (non-hydrogen) atoms. The highest BCUT2D eigenvalue weighted by molar-refractivity contribution is 14.1. The van der Waals surface area contributed by atoms with Gasteiger partial charge in [0.2, 0.25) is 0 Å². The van der Waals surface area contributed by atoms with Crippen LogP contribution in [0.15, 0.2) is 29.6 Å². The molecule has 1 aromatic carbocycles. The van der Waals surface area contributed by atoms with E-state index in [9.17, 15) is 9.59 Å². The van der Waals surface area contributed by atoms with E-state index < -0.39 is 0 Å². The highest BCUT2D eigenvalue weighted by atomic mass is 127. The van der Waals surface area contributed by atoms with Crippen LogP contribution in [-0.2, 0) is 16.0 Å². The first-order valence-corrected chi connectivity index (χ1v) is 7.62. The SMILES string of the molecule is COC(=O)Cc1csc(NC(=O)c2ccc(I)cc2)n1. The smallest absolute Gasteiger partial charge is 0.311 e. The number of halogens is 1. The highest BCUT2D eigenvalue weighted by Gasteiger charge is 2.11. The molecule has 0 saturated heterocycles. The summed E-state index contributed by atoms with van der Waals surface area (Å²) in [6.07, 6.45) is 0.104. The van der Waals surface area contributed by atoms with E-state index in [1.54, 1.807) is 17.5 Å². The molecule has 1 aromatic heterocycles. The number of ether oxygens (including phenoxy) is 1. The largest absolute Gasteiger partial charge is 0.469 e. The van der Waals surface area contributed by atoms with Gasteiger partial charge in [0.25, 0.3) is 5.91 Å². The van der Waals surface area contributed by atoms with E-state index >= 15 is 0 Å². The average Bonchev–Trinajstić information content (AvgIpc) is 2.86. The van der Waals surface area contributed by atoms with Crippen LogP contribution in [0, 0.1) is 3.57 Å². The normalized spacial score (nSPS) is 10.1. The zero-order valence-electron chi connectivity index (χ0n) is 10.6. The number of thiazole rings is 1. The Morgan fingerprint density at radius 2 is 2.05 bits per heavy atom. The molecule has 2 aromatic rings. The number of esters is 1. The lowest BCUT2D eigenvalue weighted by Gasteiger charge is -2.01. The van der Waals surface area contributed by atoms with Gasteiger partial charge in [0.05, 0.1) is 19.2 Å². The molecule has 1 heterocycles. The fourth-order valence-corrected chi connectivity index (χ4v) is 2.50. The van der Waals surface area contributed by atoms with E-state index in [1.165, 1.54) is 18.4 Å². The van der Waals surface area contributed by atoms with Gasteiger partial charge < -0.3 is 4.74 Å². The number of benzene rings is 1. The Morgan fingerprint density at radius 1 is 1.35 bits per heavy atom. The van der Waals surface area contributed by atoms with Crippen molar-refractivity contribution >= 4 is 50.9 Å². The van der Waals surface area contributed by atoms with Crippen molar-refractivity contribution in [3.8, 4) is 0 Å². The standard InChI is InChI=1S/C13H11IN2O3S/c1-19-11(17)6-10-7-20-13(15-10)16-12(18)8-2-4-9(14)5-3-8/h2-5,7H,6H2,1H3,(H,15,16,18). The van der Waals surface area contributed by atoms with Crippen LogP contribution in [0.2, 0.25) is 0 Å². The molecule has 5 nitrogen and oxygen atoms in total. The molecule has 2 rings (SSSR count). The van der Waals surface area contributed by atoms with E-state index in [0.717, 1.165) is 3.57 Å². The number of carbonyl (C=O) groups is 2. The van der Waals surface area contributed by atoms with Crippen molar-refractivity contribution in [2.75, 3.05) is 12.4 Å². The maximum atomic E-state index is 12.0. The third-order valence-electron chi connectivity index (χ3n) is 2.43. The Balaban J connectivity index is 2.01. The minimum Gasteiger partial charge on any atom is -0.469 e. The van der Waals surface area contributed by atoms with Crippen LogP contribution in [0.4, 0.5) is 5.13 Å². The monoisotopic (exact) mass is 402 g/mol. The molecule has 7 heteroatoms. The van der Waals surface area contributed by atoms with Crippen LogP contribution in [0.5, 0.6) is 0 Å². The summed E-state index contributed by atoms with van der Waals surface area (Å²) in [6, 6.07) is 7.22. The quantitative estimate of drug-likeness (QED) is 0.631. The van der Waals surface area contributed by atoms with E-state index in [-0.39, 0.29) is 18.3 Å². The van der Waals surface area contributed by atoms with Gasteiger partial charge in [0.15, 0.2) is 5.13 Å². The molecule has 1 N–H and O–H groups in total. The number of rotatable bonds is 4. The van der Waals surface area contributed by atoms with Gasteiger partial charge in [0.1, 0.15) is 0 Å². The minimum absolute atomic E-state index is 0.104. The van der Waals surface area contributed by atoms with Crippen molar-refractivity contribution < 1.29 is 14.3 Å². The lowest BCUT2D eigenvalue weighted by Crippen LogP contribution is -2.12. The first-order valence-electron chi connectivity index (χ1n) is 5.66. The molecule has 1 amide bonds. The third kappa shape index (κ3) is 4.01. The second kappa shape index (κ2) is 6.80. The molecule has 0 fully saturated rings. The summed E-state index contributed by atoms with van der Waals surface area (Å²) in [5.41, 5.74) is 1.15. The summed E-state index contributed by atoms with van der Waals surface area (Å²) in [5, 5.41) is 4.89. The zero-order chi connectivity index (χ0) is 14.5. The van der Waals surface area contributed by atoms with Crippen molar-refractivity contribution in [1.82, 2.24) is 4.98 Å². The summed E-state index contributed by atoms with van der Waals surface area (Å²) in [4.78, 5) is 27.3. The Labute approximate surface area is 133 Å². The van der Waals surface area contributed by atoms with Crippen LogP contribution >= 0.6 is 33.9 Å². The third-order valence-corrected chi connectivity index (χ3v) is 3.96. The van der Waals surface area contributed by atoms with Gasteiger partial charge in [-0.05, 0) is 46.9 Å². The van der Waals surface area contributed by atoms with Crippen molar-refractivity contribution in [3.05, 3.63) is 44.5 Å². The summed E-state index contributed by atoms with van der Waals surface area (Å²) in [5.74, 6) is -0.578. The number of nitrogens with zero attached hydrogens (tertiary/aromatic N) is 1. The molecule has 0 atom stereocenters. The number of hydrogen-bond acceptors (Lipinski definition) is 5. The van der Waals surface area contributed by atoms with E-state index in [1.807, 2.05) is 12.1 Å². The predicted molar refractivity (Wildman–Crippen MR) is 84.9 cm³/mol. The topological polar surface area (TPSA) is 68.3 Å². The Bertz CT molecular complexity index is 625. The second-order valence-electron chi connectivity index (χ2n) is 3.86. The van der Waals surface area contributed by atoms with Crippen molar-refractivity contribution in [2.45, 2.75) is 6.42 Å². The fraction of sp³-hybridized carbons (Fsp3) is 0.154. The van der Waals surface area contributed by atoms with Crippen LogP contribution in [0.1, 0.15) is 16.1 Å². The van der Waals surface area contributed by atoms with Crippen LogP contribution in [0.3, 0.4) is 0 Å². The van der Waals surface area contributed by atoms with Gasteiger partial charge in [-0.1, -0.05) is 0 Å². The number of aromatic nitrogens is 1. The van der Waals surface area contributed by atoms with Gasteiger partial charge in [-0.15, -0.1) is 11.3 Å². The van der Waals surface area contributed by atoms with Gasteiger partial charge in [-0.25, -0.2) is 4.98 Å².